The molecular weight excluding hydrogens is 218 g/mol. The summed E-state index contributed by atoms with van der Waals surface area (Å²) in [5.41, 5.74) is 3.84. The van der Waals surface area contributed by atoms with Crippen LogP contribution in [0, 0.1) is 6.92 Å². The number of hydrogen-bond donors (Lipinski definition) is 1. The molecule has 1 N–H and O–H groups in total. The third-order valence-electron chi connectivity index (χ3n) is 2.79. The maximum atomic E-state index is 11.5. The van der Waals surface area contributed by atoms with Crippen molar-refractivity contribution in [1.29, 1.82) is 0 Å². The zero-order chi connectivity index (χ0) is 12.0. The second-order valence-corrected chi connectivity index (χ2v) is 4.02. The molecule has 0 spiro atoms. The second-order valence-electron chi connectivity index (χ2n) is 4.02. The summed E-state index contributed by atoms with van der Waals surface area (Å²) < 4.78 is 0. The average Bonchev–Trinajstić information content (AvgIpc) is 2.83. The molecule has 0 atom stereocenters. The van der Waals surface area contributed by atoms with Crippen molar-refractivity contribution < 1.29 is 4.79 Å². The standard InChI is InChI=1S/C11H11N5O/c1-6-10(15-16(2)14-6)7-3-8-9(12-4-7)5-13-11(8)17/h3-4H,5H2,1-2H3,(H,13,17). The van der Waals surface area contributed by atoms with Gasteiger partial charge in [-0.2, -0.15) is 15.0 Å². The van der Waals surface area contributed by atoms with Crippen molar-refractivity contribution in [3.8, 4) is 11.3 Å². The maximum absolute atomic E-state index is 11.5. The zero-order valence-corrected chi connectivity index (χ0v) is 9.56. The smallest absolute Gasteiger partial charge is 0.253 e. The van der Waals surface area contributed by atoms with Gasteiger partial charge in [0.2, 0.25) is 0 Å². The molecule has 3 heterocycles. The summed E-state index contributed by atoms with van der Waals surface area (Å²) in [4.78, 5) is 17.3. The van der Waals surface area contributed by atoms with Crippen LogP contribution in [0.5, 0.6) is 0 Å². The van der Waals surface area contributed by atoms with Gasteiger partial charge in [-0.3, -0.25) is 9.78 Å². The van der Waals surface area contributed by atoms with E-state index < -0.39 is 0 Å². The SMILES string of the molecule is Cc1nn(C)nc1-c1cnc2c(c1)C(=O)NC2. The molecule has 0 aliphatic carbocycles. The largest absolute Gasteiger partial charge is 0.346 e. The number of pyridine rings is 1. The number of nitrogens with zero attached hydrogens (tertiary/aromatic N) is 4. The molecule has 0 radical (unpaired) electrons. The predicted molar refractivity (Wildman–Crippen MR) is 60.1 cm³/mol. The Morgan fingerprint density at radius 1 is 1.41 bits per heavy atom. The van der Waals surface area contributed by atoms with Gasteiger partial charge in [-0.15, -0.1) is 0 Å². The molecule has 86 valence electrons. The molecule has 2 aromatic heterocycles. The molecule has 0 bridgehead atoms. The molecule has 0 fully saturated rings. The first-order valence-corrected chi connectivity index (χ1v) is 5.30. The Kier molecular flexibility index (Phi) is 1.98. The van der Waals surface area contributed by atoms with Crippen LogP contribution in [-0.4, -0.2) is 25.9 Å². The van der Waals surface area contributed by atoms with Crippen LogP contribution in [0.25, 0.3) is 11.3 Å². The van der Waals surface area contributed by atoms with Crippen LogP contribution < -0.4 is 5.32 Å². The first-order chi connectivity index (χ1) is 8.15. The molecule has 0 aromatic carbocycles. The summed E-state index contributed by atoms with van der Waals surface area (Å²) in [6.07, 6.45) is 1.73. The van der Waals surface area contributed by atoms with Crippen molar-refractivity contribution in [2.24, 2.45) is 7.05 Å². The first-order valence-electron chi connectivity index (χ1n) is 5.30. The van der Waals surface area contributed by atoms with Crippen molar-refractivity contribution in [1.82, 2.24) is 25.3 Å². The highest BCUT2D eigenvalue weighted by Crippen LogP contribution is 2.23. The second kappa shape index (κ2) is 3.38. The van der Waals surface area contributed by atoms with Gasteiger partial charge in [0.25, 0.3) is 5.91 Å². The van der Waals surface area contributed by atoms with E-state index in [1.54, 1.807) is 13.2 Å². The Bertz CT molecular complexity index is 616. The topological polar surface area (TPSA) is 72.7 Å². The fourth-order valence-corrected chi connectivity index (χ4v) is 1.99. The van der Waals surface area contributed by atoms with Crippen LogP contribution in [0.3, 0.4) is 0 Å². The highest BCUT2D eigenvalue weighted by molar-refractivity contribution is 5.98. The summed E-state index contributed by atoms with van der Waals surface area (Å²) >= 11 is 0. The summed E-state index contributed by atoms with van der Waals surface area (Å²) in [5.74, 6) is -0.0732. The Hall–Kier alpha value is -2.24. The normalized spacial score (nSPS) is 13.6. The number of fused-ring (bicyclic) bond motifs is 1. The third kappa shape index (κ3) is 1.49. The van der Waals surface area contributed by atoms with Crippen LogP contribution in [0.1, 0.15) is 21.7 Å². The quantitative estimate of drug-likeness (QED) is 0.769. The number of carbonyl (C=O) groups is 1. The molecule has 0 saturated carbocycles. The zero-order valence-electron chi connectivity index (χ0n) is 9.56. The van der Waals surface area contributed by atoms with E-state index in [0.717, 1.165) is 22.6 Å². The van der Waals surface area contributed by atoms with E-state index in [9.17, 15) is 4.79 Å². The van der Waals surface area contributed by atoms with E-state index in [0.29, 0.717) is 12.1 Å². The Morgan fingerprint density at radius 2 is 2.24 bits per heavy atom. The van der Waals surface area contributed by atoms with Crippen LogP contribution in [-0.2, 0) is 13.6 Å². The number of amides is 1. The number of hydrogen-bond acceptors (Lipinski definition) is 4. The fraction of sp³-hybridized carbons (Fsp3) is 0.273. The third-order valence-corrected chi connectivity index (χ3v) is 2.79. The maximum Gasteiger partial charge on any atom is 0.253 e. The monoisotopic (exact) mass is 229 g/mol. The minimum atomic E-state index is -0.0732. The van der Waals surface area contributed by atoms with Gasteiger partial charge >= 0.3 is 0 Å². The number of aromatic nitrogens is 4. The summed E-state index contributed by atoms with van der Waals surface area (Å²) in [6.45, 7) is 2.39. The molecule has 1 aliphatic heterocycles. The van der Waals surface area contributed by atoms with Crippen LogP contribution >= 0.6 is 0 Å². The number of rotatable bonds is 1. The highest BCUT2D eigenvalue weighted by Gasteiger charge is 2.21. The van der Waals surface area contributed by atoms with Gasteiger partial charge in [0.05, 0.1) is 23.5 Å². The average molecular weight is 229 g/mol. The molecule has 6 nitrogen and oxygen atoms in total. The number of carbonyl (C=O) groups excluding carboxylic acids is 1. The van der Waals surface area contributed by atoms with E-state index in [4.69, 9.17) is 0 Å². The van der Waals surface area contributed by atoms with Gasteiger partial charge in [0, 0.05) is 18.8 Å². The van der Waals surface area contributed by atoms with Crippen LogP contribution in [0.15, 0.2) is 12.3 Å². The lowest BCUT2D eigenvalue weighted by molar-refractivity contribution is 0.0966. The predicted octanol–water partition coefficient (Wildman–Crippen LogP) is 0.429. The molecule has 6 heteroatoms. The molecule has 1 aliphatic rings. The van der Waals surface area contributed by atoms with E-state index in [-0.39, 0.29) is 5.91 Å². The van der Waals surface area contributed by atoms with E-state index >= 15 is 0 Å². The van der Waals surface area contributed by atoms with Crippen molar-refractivity contribution in [3.05, 3.63) is 29.2 Å². The van der Waals surface area contributed by atoms with Crippen molar-refractivity contribution in [3.63, 3.8) is 0 Å². The van der Waals surface area contributed by atoms with Gasteiger partial charge in [0.1, 0.15) is 5.69 Å². The molecule has 3 rings (SSSR count). The van der Waals surface area contributed by atoms with Gasteiger partial charge in [-0.25, -0.2) is 0 Å². The summed E-state index contributed by atoms with van der Waals surface area (Å²) in [6, 6.07) is 1.82. The Labute approximate surface area is 97.7 Å². The van der Waals surface area contributed by atoms with Crippen molar-refractivity contribution >= 4 is 5.91 Å². The lowest BCUT2D eigenvalue weighted by atomic mass is 10.1. The number of nitrogens with one attached hydrogen (secondary N) is 1. The minimum Gasteiger partial charge on any atom is -0.346 e. The molecule has 0 unspecified atom stereocenters. The van der Waals surface area contributed by atoms with Crippen molar-refractivity contribution in [2.75, 3.05) is 0 Å². The molecule has 2 aromatic rings. The van der Waals surface area contributed by atoms with Gasteiger partial charge in [-0.1, -0.05) is 0 Å². The fourth-order valence-electron chi connectivity index (χ4n) is 1.99. The number of aryl methyl sites for hydroxylation is 2. The molecular formula is C11H11N5O. The van der Waals surface area contributed by atoms with E-state index in [1.807, 2.05) is 13.0 Å². The first kappa shape index (κ1) is 9.95. The van der Waals surface area contributed by atoms with Crippen LogP contribution in [0.4, 0.5) is 0 Å². The molecule has 1 amide bonds. The summed E-state index contributed by atoms with van der Waals surface area (Å²) in [5, 5.41) is 11.2. The van der Waals surface area contributed by atoms with E-state index in [1.165, 1.54) is 4.80 Å². The summed E-state index contributed by atoms with van der Waals surface area (Å²) in [7, 11) is 1.77. The van der Waals surface area contributed by atoms with Crippen molar-refractivity contribution in [2.45, 2.75) is 13.5 Å². The Balaban J connectivity index is 2.14. The van der Waals surface area contributed by atoms with Crippen LogP contribution in [0.2, 0.25) is 0 Å². The van der Waals surface area contributed by atoms with E-state index in [2.05, 4.69) is 20.5 Å². The lowest BCUT2D eigenvalue weighted by Crippen LogP contribution is -2.12. The van der Waals surface area contributed by atoms with Gasteiger partial charge < -0.3 is 5.32 Å². The molecule has 0 saturated heterocycles. The Morgan fingerprint density at radius 3 is 2.94 bits per heavy atom. The highest BCUT2D eigenvalue weighted by atomic mass is 16.1. The molecule has 17 heavy (non-hydrogen) atoms. The van der Waals surface area contributed by atoms with Gasteiger partial charge in [-0.05, 0) is 13.0 Å². The van der Waals surface area contributed by atoms with Gasteiger partial charge in [0.15, 0.2) is 0 Å². The minimum absolute atomic E-state index is 0.0732. The lowest BCUT2D eigenvalue weighted by Gasteiger charge is -1.99.